The molecule has 0 unspecified atom stereocenters. The van der Waals surface area contributed by atoms with Gasteiger partial charge in [0.05, 0.1) is 10.7 Å². The van der Waals surface area contributed by atoms with Crippen LogP contribution in [0.25, 0.3) is 0 Å². The van der Waals surface area contributed by atoms with Crippen LogP contribution in [0.3, 0.4) is 0 Å². The zero-order chi connectivity index (χ0) is 13.1. The van der Waals surface area contributed by atoms with Crippen molar-refractivity contribution in [2.24, 2.45) is 4.99 Å². The number of rotatable bonds is 2. The van der Waals surface area contributed by atoms with Crippen LogP contribution in [0.1, 0.15) is 5.56 Å². The van der Waals surface area contributed by atoms with Gasteiger partial charge in [-0.05, 0) is 36.4 Å². The standard InChI is InChI=1S/C13H8BrCl2NO/c14-9-1-4-13(18)8(5-9)7-17-12-6-10(15)2-3-11(12)16/h1-7,18H/b17-7+. The molecule has 0 saturated carbocycles. The van der Waals surface area contributed by atoms with Gasteiger partial charge in [-0.1, -0.05) is 39.1 Å². The first-order chi connectivity index (χ1) is 8.56. The van der Waals surface area contributed by atoms with Crippen molar-refractivity contribution >= 4 is 51.0 Å². The lowest BCUT2D eigenvalue weighted by Crippen LogP contribution is -1.82. The maximum absolute atomic E-state index is 9.67. The first-order valence-electron chi connectivity index (χ1n) is 5.04. The second kappa shape index (κ2) is 5.74. The van der Waals surface area contributed by atoms with E-state index in [1.54, 1.807) is 36.4 Å². The zero-order valence-corrected chi connectivity index (χ0v) is 12.2. The predicted octanol–water partition coefficient (Wildman–Crippen LogP) is 5.21. The van der Waals surface area contributed by atoms with Crippen LogP contribution in [-0.2, 0) is 0 Å². The van der Waals surface area contributed by atoms with Gasteiger partial charge >= 0.3 is 0 Å². The smallest absolute Gasteiger partial charge is 0.124 e. The van der Waals surface area contributed by atoms with Crippen molar-refractivity contribution < 1.29 is 5.11 Å². The molecule has 0 radical (unpaired) electrons. The first-order valence-corrected chi connectivity index (χ1v) is 6.59. The molecule has 0 saturated heterocycles. The van der Waals surface area contributed by atoms with E-state index in [1.807, 2.05) is 0 Å². The zero-order valence-electron chi connectivity index (χ0n) is 9.07. The van der Waals surface area contributed by atoms with Crippen molar-refractivity contribution in [1.82, 2.24) is 0 Å². The summed E-state index contributed by atoms with van der Waals surface area (Å²) in [4.78, 5) is 4.22. The largest absolute Gasteiger partial charge is 0.507 e. The molecular formula is C13H8BrCl2NO. The fourth-order valence-corrected chi connectivity index (χ4v) is 2.06. The number of halogens is 3. The molecule has 0 fully saturated rings. The Hall–Kier alpha value is -1.03. The summed E-state index contributed by atoms with van der Waals surface area (Å²) in [6.45, 7) is 0. The SMILES string of the molecule is Oc1ccc(Br)cc1/C=N/c1cc(Cl)ccc1Cl. The maximum atomic E-state index is 9.67. The molecule has 0 amide bonds. The lowest BCUT2D eigenvalue weighted by molar-refractivity contribution is 0.474. The molecule has 0 aliphatic carbocycles. The summed E-state index contributed by atoms with van der Waals surface area (Å²) >= 11 is 15.2. The van der Waals surface area contributed by atoms with Gasteiger partial charge in [-0.25, -0.2) is 0 Å². The van der Waals surface area contributed by atoms with E-state index in [9.17, 15) is 5.11 Å². The van der Waals surface area contributed by atoms with E-state index < -0.39 is 0 Å². The highest BCUT2D eigenvalue weighted by molar-refractivity contribution is 9.10. The van der Waals surface area contributed by atoms with Crippen molar-refractivity contribution in [3.8, 4) is 5.75 Å². The second-order valence-corrected chi connectivity index (χ2v) is 5.32. The van der Waals surface area contributed by atoms with Gasteiger partial charge in [0.1, 0.15) is 5.75 Å². The molecule has 2 nitrogen and oxygen atoms in total. The summed E-state index contributed by atoms with van der Waals surface area (Å²) in [5.41, 5.74) is 1.16. The summed E-state index contributed by atoms with van der Waals surface area (Å²) in [7, 11) is 0. The number of nitrogens with zero attached hydrogens (tertiary/aromatic N) is 1. The minimum atomic E-state index is 0.153. The molecule has 0 atom stereocenters. The molecule has 0 aliphatic heterocycles. The minimum Gasteiger partial charge on any atom is -0.507 e. The highest BCUT2D eigenvalue weighted by Crippen LogP contribution is 2.28. The van der Waals surface area contributed by atoms with Crippen LogP contribution in [-0.4, -0.2) is 11.3 Å². The highest BCUT2D eigenvalue weighted by atomic mass is 79.9. The molecule has 0 bridgehead atoms. The summed E-state index contributed by atoms with van der Waals surface area (Å²) in [5.74, 6) is 0.153. The fourth-order valence-electron chi connectivity index (χ4n) is 1.35. The molecule has 0 spiro atoms. The van der Waals surface area contributed by atoms with Crippen LogP contribution in [0.4, 0.5) is 5.69 Å². The quantitative estimate of drug-likeness (QED) is 0.745. The summed E-state index contributed by atoms with van der Waals surface area (Å²) in [5, 5.41) is 10.7. The van der Waals surface area contributed by atoms with Gasteiger partial charge < -0.3 is 5.11 Å². The molecule has 0 aromatic heterocycles. The molecule has 92 valence electrons. The Morgan fingerprint density at radius 1 is 1.11 bits per heavy atom. The van der Waals surface area contributed by atoms with Crippen LogP contribution in [0.5, 0.6) is 5.75 Å². The van der Waals surface area contributed by atoms with E-state index in [1.165, 1.54) is 6.21 Å². The summed E-state index contributed by atoms with van der Waals surface area (Å²) in [6.07, 6.45) is 1.54. The lowest BCUT2D eigenvalue weighted by atomic mass is 10.2. The highest BCUT2D eigenvalue weighted by Gasteiger charge is 2.01. The topological polar surface area (TPSA) is 32.6 Å². The van der Waals surface area contributed by atoms with E-state index in [0.29, 0.717) is 21.3 Å². The van der Waals surface area contributed by atoms with Crippen LogP contribution in [0.2, 0.25) is 10.0 Å². The molecule has 1 N–H and O–H groups in total. The van der Waals surface area contributed by atoms with Crippen molar-refractivity contribution in [3.05, 3.63) is 56.5 Å². The van der Waals surface area contributed by atoms with Gasteiger partial charge in [-0.3, -0.25) is 4.99 Å². The van der Waals surface area contributed by atoms with E-state index >= 15 is 0 Å². The molecule has 5 heteroatoms. The number of phenolic OH excluding ortho intramolecular Hbond substituents is 1. The Morgan fingerprint density at radius 3 is 2.67 bits per heavy atom. The Balaban J connectivity index is 2.35. The maximum Gasteiger partial charge on any atom is 0.124 e. The normalized spacial score (nSPS) is 11.1. The van der Waals surface area contributed by atoms with E-state index in [0.717, 1.165) is 4.47 Å². The van der Waals surface area contributed by atoms with Gasteiger partial charge in [-0.15, -0.1) is 0 Å². The third-order valence-corrected chi connectivity index (χ3v) is 3.29. The van der Waals surface area contributed by atoms with Crippen LogP contribution in [0.15, 0.2) is 45.9 Å². The van der Waals surface area contributed by atoms with E-state index in [4.69, 9.17) is 23.2 Å². The Bertz CT molecular complexity index is 560. The van der Waals surface area contributed by atoms with Crippen molar-refractivity contribution in [3.63, 3.8) is 0 Å². The van der Waals surface area contributed by atoms with E-state index in [-0.39, 0.29) is 5.75 Å². The first kappa shape index (κ1) is 13.4. The summed E-state index contributed by atoms with van der Waals surface area (Å²) < 4.78 is 0.860. The molecular weight excluding hydrogens is 337 g/mol. The second-order valence-electron chi connectivity index (χ2n) is 3.56. The van der Waals surface area contributed by atoms with Gasteiger partial charge in [0.15, 0.2) is 0 Å². The molecule has 2 rings (SSSR count). The van der Waals surface area contributed by atoms with E-state index in [2.05, 4.69) is 20.9 Å². The third-order valence-electron chi connectivity index (χ3n) is 2.24. The summed E-state index contributed by atoms with van der Waals surface area (Å²) in [6, 6.07) is 10.1. The predicted molar refractivity (Wildman–Crippen MR) is 79.5 cm³/mol. The number of phenols is 1. The minimum absolute atomic E-state index is 0.153. The van der Waals surface area contributed by atoms with Gasteiger partial charge in [0.25, 0.3) is 0 Å². The Labute approximate surface area is 123 Å². The average Bonchev–Trinajstić information content (AvgIpc) is 2.34. The molecule has 18 heavy (non-hydrogen) atoms. The van der Waals surface area contributed by atoms with Crippen LogP contribution < -0.4 is 0 Å². The van der Waals surface area contributed by atoms with Gasteiger partial charge in [0.2, 0.25) is 0 Å². The van der Waals surface area contributed by atoms with Crippen molar-refractivity contribution in [1.29, 1.82) is 0 Å². The number of hydrogen-bond acceptors (Lipinski definition) is 2. The number of benzene rings is 2. The van der Waals surface area contributed by atoms with Crippen LogP contribution in [0, 0.1) is 0 Å². The van der Waals surface area contributed by atoms with Crippen molar-refractivity contribution in [2.75, 3.05) is 0 Å². The Morgan fingerprint density at radius 2 is 1.89 bits per heavy atom. The van der Waals surface area contributed by atoms with Crippen molar-refractivity contribution in [2.45, 2.75) is 0 Å². The van der Waals surface area contributed by atoms with Gasteiger partial charge in [-0.2, -0.15) is 0 Å². The fraction of sp³-hybridized carbons (Fsp3) is 0. The van der Waals surface area contributed by atoms with Crippen LogP contribution >= 0.6 is 39.1 Å². The van der Waals surface area contributed by atoms with Gasteiger partial charge in [0, 0.05) is 21.3 Å². The third kappa shape index (κ3) is 3.25. The lowest BCUT2D eigenvalue weighted by Gasteiger charge is -2.01. The molecule has 0 aliphatic rings. The molecule has 2 aromatic rings. The number of aliphatic imine (C=N–C) groups is 1. The Kier molecular flexibility index (Phi) is 4.27. The number of hydrogen-bond donors (Lipinski definition) is 1. The average molecular weight is 345 g/mol. The molecule has 0 heterocycles. The monoisotopic (exact) mass is 343 g/mol. The molecule has 2 aromatic carbocycles. The number of aromatic hydroxyl groups is 1.